The van der Waals surface area contributed by atoms with Gasteiger partial charge in [-0.25, -0.2) is 0 Å². The zero-order chi connectivity index (χ0) is 8.39. The standard InChI is InChI=1S/C9H16N2O/c12-9(11-8-4-5-8)6-10-7-2-1-3-7/h7-8,10H,1-6H2,(H,11,12). The molecule has 2 saturated carbocycles. The van der Waals surface area contributed by atoms with E-state index in [9.17, 15) is 4.79 Å². The number of nitrogens with one attached hydrogen (secondary N) is 2. The second kappa shape index (κ2) is 3.44. The summed E-state index contributed by atoms with van der Waals surface area (Å²) in [5.41, 5.74) is 0. The van der Waals surface area contributed by atoms with Crippen molar-refractivity contribution in [3.05, 3.63) is 0 Å². The van der Waals surface area contributed by atoms with E-state index in [-0.39, 0.29) is 5.91 Å². The van der Waals surface area contributed by atoms with E-state index in [1.54, 1.807) is 0 Å². The first-order valence-corrected chi connectivity index (χ1v) is 4.87. The maximum atomic E-state index is 11.2. The highest BCUT2D eigenvalue weighted by Crippen LogP contribution is 2.19. The minimum atomic E-state index is 0.171. The van der Waals surface area contributed by atoms with Gasteiger partial charge in [0.25, 0.3) is 0 Å². The first kappa shape index (κ1) is 8.05. The van der Waals surface area contributed by atoms with E-state index in [1.807, 2.05) is 0 Å². The lowest BCUT2D eigenvalue weighted by Gasteiger charge is -2.26. The molecule has 2 aliphatic rings. The van der Waals surface area contributed by atoms with E-state index in [4.69, 9.17) is 0 Å². The van der Waals surface area contributed by atoms with Crippen molar-refractivity contribution in [2.45, 2.75) is 44.2 Å². The summed E-state index contributed by atoms with van der Waals surface area (Å²) in [4.78, 5) is 11.2. The van der Waals surface area contributed by atoms with Crippen LogP contribution in [0.3, 0.4) is 0 Å². The van der Waals surface area contributed by atoms with Crippen LogP contribution in [0.1, 0.15) is 32.1 Å². The number of rotatable bonds is 4. The third-order valence-corrected chi connectivity index (χ3v) is 2.60. The minimum absolute atomic E-state index is 0.171. The molecule has 68 valence electrons. The van der Waals surface area contributed by atoms with Crippen molar-refractivity contribution in [3.8, 4) is 0 Å². The summed E-state index contributed by atoms with van der Waals surface area (Å²) >= 11 is 0. The van der Waals surface area contributed by atoms with Crippen molar-refractivity contribution in [2.75, 3.05) is 6.54 Å². The molecule has 0 radical (unpaired) electrons. The van der Waals surface area contributed by atoms with Gasteiger partial charge >= 0.3 is 0 Å². The van der Waals surface area contributed by atoms with E-state index in [0.29, 0.717) is 18.6 Å². The molecule has 2 fully saturated rings. The summed E-state index contributed by atoms with van der Waals surface area (Å²) in [5, 5.41) is 6.20. The van der Waals surface area contributed by atoms with Gasteiger partial charge in [0.2, 0.25) is 5.91 Å². The van der Waals surface area contributed by atoms with Gasteiger partial charge in [-0.15, -0.1) is 0 Å². The van der Waals surface area contributed by atoms with E-state index in [1.165, 1.54) is 32.1 Å². The number of hydrogen-bond acceptors (Lipinski definition) is 2. The minimum Gasteiger partial charge on any atom is -0.352 e. The highest BCUT2D eigenvalue weighted by molar-refractivity contribution is 5.78. The highest BCUT2D eigenvalue weighted by Gasteiger charge is 2.24. The third kappa shape index (κ3) is 2.21. The molecule has 0 heterocycles. The number of hydrogen-bond donors (Lipinski definition) is 2. The second-order valence-corrected chi connectivity index (χ2v) is 3.85. The Morgan fingerprint density at radius 2 is 1.92 bits per heavy atom. The fraction of sp³-hybridized carbons (Fsp3) is 0.889. The number of carbonyl (C=O) groups excluding carboxylic acids is 1. The van der Waals surface area contributed by atoms with Crippen LogP contribution in [0.25, 0.3) is 0 Å². The molecule has 0 saturated heterocycles. The Hall–Kier alpha value is -0.570. The molecule has 1 amide bonds. The lowest BCUT2D eigenvalue weighted by atomic mass is 9.93. The molecule has 2 aliphatic carbocycles. The molecule has 3 nitrogen and oxygen atoms in total. The van der Waals surface area contributed by atoms with Crippen LogP contribution in [0.4, 0.5) is 0 Å². The number of amides is 1. The van der Waals surface area contributed by atoms with Crippen LogP contribution in [0.15, 0.2) is 0 Å². The van der Waals surface area contributed by atoms with Gasteiger partial charge in [-0.3, -0.25) is 4.79 Å². The smallest absolute Gasteiger partial charge is 0.234 e. The Morgan fingerprint density at radius 1 is 1.17 bits per heavy atom. The SMILES string of the molecule is O=C(CNC1CCC1)NC1CC1. The molecule has 0 atom stereocenters. The van der Waals surface area contributed by atoms with Gasteiger partial charge in [0.1, 0.15) is 0 Å². The lowest BCUT2D eigenvalue weighted by molar-refractivity contribution is -0.120. The zero-order valence-corrected chi connectivity index (χ0v) is 7.31. The van der Waals surface area contributed by atoms with Gasteiger partial charge in [-0.05, 0) is 25.7 Å². The molecule has 0 spiro atoms. The second-order valence-electron chi connectivity index (χ2n) is 3.85. The Morgan fingerprint density at radius 3 is 2.42 bits per heavy atom. The van der Waals surface area contributed by atoms with Crippen LogP contribution in [-0.2, 0) is 4.79 Å². The van der Waals surface area contributed by atoms with E-state index in [0.717, 1.165) is 0 Å². The maximum absolute atomic E-state index is 11.2. The van der Waals surface area contributed by atoms with Gasteiger partial charge in [-0.2, -0.15) is 0 Å². The van der Waals surface area contributed by atoms with Crippen molar-refractivity contribution in [1.82, 2.24) is 10.6 Å². The van der Waals surface area contributed by atoms with Crippen LogP contribution < -0.4 is 10.6 Å². The fourth-order valence-corrected chi connectivity index (χ4v) is 1.36. The van der Waals surface area contributed by atoms with Gasteiger partial charge < -0.3 is 10.6 Å². The summed E-state index contributed by atoms with van der Waals surface area (Å²) < 4.78 is 0. The average Bonchev–Trinajstić information content (AvgIpc) is 2.68. The van der Waals surface area contributed by atoms with Gasteiger partial charge in [-0.1, -0.05) is 6.42 Å². The molecule has 0 aromatic heterocycles. The van der Waals surface area contributed by atoms with Crippen LogP contribution in [-0.4, -0.2) is 24.5 Å². The van der Waals surface area contributed by atoms with E-state index < -0.39 is 0 Å². The van der Waals surface area contributed by atoms with Crippen LogP contribution in [0, 0.1) is 0 Å². The van der Waals surface area contributed by atoms with Crippen molar-refractivity contribution < 1.29 is 4.79 Å². The molecule has 0 aromatic rings. The van der Waals surface area contributed by atoms with Crippen molar-refractivity contribution in [3.63, 3.8) is 0 Å². The predicted molar refractivity (Wildman–Crippen MR) is 46.8 cm³/mol. The summed E-state index contributed by atoms with van der Waals surface area (Å²) in [5.74, 6) is 0.171. The lowest BCUT2D eigenvalue weighted by Crippen LogP contribution is -2.42. The maximum Gasteiger partial charge on any atom is 0.234 e. The Balaban J connectivity index is 1.55. The molecular formula is C9H16N2O. The van der Waals surface area contributed by atoms with Crippen LogP contribution >= 0.6 is 0 Å². The number of carbonyl (C=O) groups is 1. The average molecular weight is 168 g/mol. The van der Waals surface area contributed by atoms with Gasteiger partial charge in [0, 0.05) is 12.1 Å². The molecular weight excluding hydrogens is 152 g/mol. The summed E-state index contributed by atoms with van der Waals surface area (Å²) in [6.07, 6.45) is 6.17. The van der Waals surface area contributed by atoms with E-state index in [2.05, 4.69) is 10.6 Å². The monoisotopic (exact) mass is 168 g/mol. The predicted octanol–water partition coefficient (Wildman–Crippen LogP) is 0.407. The molecule has 2 rings (SSSR count). The molecule has 0 aromatic carbocycles. The van der Waals surface area contributed by atoms with Crippen LogP contribution in [0.2, 0.25) is 0 Å². The summed E-state index contributed by atoms with van der Waals surface area (Å²) in [6.45, 7) is 0.515. The summed E-state index contributed by atoms with van der Waals surface area (Å²) in [7, 11) is 0. The van der Waals surface area contributed by atoms with E-state index >= 15 is 0 Å². The van der Waals surface area contributed by atoms with Crippen molar-refractivity contribution >= 4 is 5.91 Å². The molecule has 0 bridgehead atoms. The third-order valence-electron chi connectivity index (χ3n) is 2.60. The zero-order valence-electron chi connectivity index (χ0n) is 7.31. The van der Waals surface area contributed by atoms with Gasteiger partial charge in [0.05, 0.1) is 6.54 Å². The molecule has 12 heavy (non-hydrogen) atoms. The summed E-state index contributed by atoms with van der Waals surface area (Å²) in [6, 6.07) is 1.12. The van der Waals surface area contributed by atoms with Gasteiger partial charge in [0.15, 0.2) is 0 Å². The molecule has 3 heteroatoms. The first-order chi connectivity index (χ1) is 5.84. The topological polar surface area (TPSA) is 41.1 Å². The Bertz CT molecular complexity index is 173. The largest absolute Gasteiger partial charge is 0.352 e. The Labute approximate surface area is 72.9 Å². The Kier molecular flexibility index (Phi) is 2.30. The fourth-order valence-electron chi connectivity index (χ4n) is 1.36. The molecule has 2 N–H and O–H groups in total. The normalized spacial score (nSPS) is 23.3. The van der Waals surface area contributed by atoms with Crippen molar-refractivity contribution in [2.24, 2.45) is 0 Å². The quantitative estimate of drug-likeness (QED) is 0.638. The first-order valence-electron chi connectivity index (χ1n) is 4.87. The molecule has 0 aliphatic heterocycles. The molecule has 0 unspecified atom stereocenters. The van der Waals surface area contributed by atoms with Crippen molar-refractivity contribution in [1.29, 1.82) is 0 Å². The highest BCUT2D eigenvalue weighted by atomic mass is 16.2. The van der Waals surface area contributed by atoms with Crippen LogP contribution in [0.5, 0.6) is 0 Å².